The summed E-state index contributed by atoms with van der Waals surface area (Å²) in [5.41, 5.74) is -0.182. The zero-order valence-corrected chi connectivity index (χ0v) is 8.75. The molecule has 1 aromatic carbocycles. The zero-order chi connectivity index (χ0) is 11.5. The molecule has 6 heteroatoms. The summed E-state index contributed by atoms with van der Waals surface area (Å²) in [6.07, 6.45) is 1.47. The summed E-state index contributed by atoms with van der Waals surface area (Å²) >= 11 is 5.74. The number of carbonyl (C=O) groups is 1. The molecule has 2 aromatic rings. The van der Waals surface area contributed by atoms with E-state index in [4.69, 9.17) is 11.6 Å². The van der Waals surface area contributed by atoms with Crippen LogP contribution >= 0.6 is 11.6 Å². The molecule has 0 saturated carbocycles. The highest BCUT2D eigenvalue weighted by atomic mass is 35.5. The average molecular weight is 240 g/mol. The highest BCUT2D eigenvalue weighted by molar-refractivity contribution is 6.34. The number of hydrogen-bond acceptors (Lipinski definition) is 2. The van der Waals surface area contributed by atoms with E-state index in [0.717, 1.165) is 0 Å². The lowest BCUT2D eigenvalue weighted by molar-refractivity contribution is 0.102. The van der Waals surface area contributed by atoms with Crippen molar-refractivity contribution in [1.82, 2.24) is 10.2 Å². The van der Waals surface area contributed by atoms with E-state index in [-0.39, 0.29) is 10.6 Å². The lowest BCUT2D eigenvalue weighted by atomic mass is 10.2. The van der Waals surface area contributed by atoms with Gasteiger partial charge in [-0.25, -0.2) is 4.39 Å². The van der Waals surface area contributed by atoms with E-state index < -0.39 is 11.7 Å². The second kappa shape index (κ2) is 4.32. The smallest absolute Gasteiger partial charge is 0.261 e. The molecule has 0 unspecified atom stereocenters. The van der Waals surface area contributed by atoms with Gasteiger partial charge in [0.15, 0.2) is 0 Å². The van der Waals surface area contributed by atoms with Gasteiger partial charge in [0, 0.05) is 6.07 Å². The largest absolute Gasteiger partial charge is 0.307 e. The number of aromatic amines is 1. The standard InChI is InChI=1S/C10H7ClFN3O/c11-6-2-1-3-7(12)9(6)10(16)14-8-4-5-13-15-8/h1-5H,(H2,13,14,15,16). The number of halogens is 2. The molecular formula is C10H7ClFN3O. The molecule has 1 amide bonds. The number of nitrogens with zero attached hydrogens (tertiary/aromatic N) is 1. The number of carbonyl (C=O) groups excluding carboxylic acids is 1. The van der Waals surface area contributed by atoms with Crippen LogP contribution in [0.5, 0.6) is 0 Å². The third-order valence-electron chi connectivity index (χ3n) is 1.94. The molecule has 0 aliphatic rings. The fraction of sp³-hybridized carbons (Fsp3) is 0. The van der Waals surface area contributed by atoms with Gasteiger partial charge in [-0.15, -0.1) is 0 Å². The Morgan fingerprint density at radius 3 is 2.88 bits per heavy atom. The first kappa shape index (κ1) is 10.6. The predicted molar refractivity (Wildman–Crippen MR) is 58.0 cm³/mol. The fourth-order valence-electron chi connectivity index (χ4n) is 1.23. The van der Waals surface area contributed by atoms with Crippen molar-refractivity contribution in [3.05, 3.63) is 46.9 Å². The topological polar surface area (TPSA) is 57.8 Å². The summed E-state index contributed by atoms with van der Waals surface area (Å²) in [7, 11) is 0. The van der Waals surface area contributed by atoms with E-state index in [1.807, 2.05) is 0 Å². The summed E-state index contributed by atoms with van der Waals surface area (Å²) in [5.74, 6) is -0.902. The maximum atomic E-state index is 13.4. The van der Waals surface area contributed by atoms with Gasteiger partial charge in [0.1, 0.15) is 11.6 Å². The summed E-state index contributed by atoms with van der Waals surface area (Å²) < 4.78 is 13.4. The number of hydrogen-bond donors (Lipinski definition) is 2. The molecule has 4 nitrogen and oxygen atoms in total. The molecular weight excluding hydrogens is 233 g/mol. The van der Waals surface area contributed by atoms with E-state index >= 15 is 0 Å². The number of anilines is 1. The van der Waals surface area contributed by atoms with Crippen molar-refractivity contribution >= 4 is 23.3 Å². The molecule has 0 aliphatic heterocycles. The van der Waals surface area contributed by atoms with Crippen molar-refractivity contribution in [3.63, 3.8) is 0 Å². The van der Waals surface area contributed by atoms with Crippen LogP contribution in [0.4, 0.5) is 10.2 Å². The van der Waals surface area contributed by atoms with Crippen LogP contribution in [0.2, 0.25) is 5.02 Å². The predicted octanol–water partition coefficient (Wildman–Crippen LogP) is 2.45. The van der Waals surface area contributed by atoms with Crippen LogP contribution in [0.25, 0.3) is 0 Å². The zero-order valence-electron chi connectivity index (χ0n) is 8.00. The van der Waals surface area contributed by atoms with E-state index in [1.165, 1.54) is 24.4 Å². The van der Waals surface area contributed by atoms with E-state index in [9.17, 15) is 9.18 Å². The van der Waals surface area contributed by atoms with Gasteiger partial charge in [0.25, 0.3) is 5.91 Å². The Morgan fingerprint density at radius 1 is 1.44 bits per heavy atom. The van der Waals surface area contributed by atoms with Crippen LogP contribution in [0.3, 0.4) is 0 Å². The Hall–Kier alpha value is -1.88. The minimum Gasteiger partial charge on any atom is -0.307 e. The summed E-state index contributed by atoms with van der Waals surface area (Å²) in [4.78, 5) is 11.7. The third-order valence-corrected chi connectivity index (χ3v) is 2.25. The second-order valence-electron chi connectivity index (χ2n) is 3.02. The second-order valence-corrected chi connectivity index (χ2v) is 3.43. The fourth-order valence-corrected chi connectivity index (χ4v) is 1.47. The Morgan fingerprint density at radius 2 is 2.25 bits per heavy atom. The van der Waals surface area contributed by atoms with Gasteiger partial charge in [0.2, 0.25) is 0 Å². The van der Waals surface area contributed by atoms with Gasteiger partial charge in [-0.2, -0.15) is 5.10 Å². The molecule has 1 aromatic heterocycles. The first-order valence-electron chi connectivity index (χ1n) is 4.43. The number of rotatable bonds is 2. The Labute approximate surface area is 95.4 Å². The summed E-state index contributed by atoms with van der Waals surface area (Å²) in [6, 6.07) is 5.61. The van der Waals surface area contributed by atoms with Gasteiger partial charge >= 0.3 is 0 Å². The Kier molecular flexibility index (Phi) is 2.87. The SMILES string of the molecule is O=C(Nc1ccn[nH]1)c1c(F)cccc1Cl. The van der Waals surface area contributed by atoms with E-state index in [0.29, 0.717) is 5.82 Å². The molecule has 2 rings (SSSR count). The van der Waals surface area contributed by atoms with Gasteiger partial charge in [-0.05, 0) is 12.1 Å². The molecule has 2 N–H and O–H groups in total. The molecule has 82 valence electrons. The average Bonchev–Trinajstić information content (AvgIpc) is 2.70. The lowest BCUT2D eigenvalue weighted by Crippen LogP contribution is -2.14. The van der Waals surface area contributed by atoms with E-state index in [1.54, 1.807) is 6.07 Å². The normalized spacial score (nSPS) is 10.1. The molecule has 0 bridgehead atoms. The number of aromatic nitrogens is 2. The maximum Gasteiger partial charge on any atom is 0.261 e. The van der Waals surface area contributed by atoms with Crippen molar-refractivity contribution in [1.29, 1.82) is 0 Å². The molecule has 0 fully saturated rings. The van der Waals surface area contributed by atoms with Gasteiger partial charge in [0.05, 0.1) is 16.8 Å². The number of nitrogens with one attached hydrogen (secondary N) is 2. The minimum atomic E-state index is -0.662. The van der Waals surface area contributed by atoms with Crippen molar-refractivity contribution in [2.24, 2.45) is 0 Å². The van der Waals surface area contributed by atoms with Crippen LogP contribution in [-0.2, 0) is 0 Å². The van der Waals surface area contributed by atoms with Crippen LogP contribution < -0.4 is 5.32 Å². The number of benzene rings is 1. The first-order valence-corrected chi connectivity index (χ1v) is 4.81. The minimum absolute atomic E-state index is 0.0667. The van der Waals surface area contributed by atoms with Gasteiger partial charge < -0.3 is 5.32 Å². The van der Waals surface area contributed by atoms with Crippen LogP contribution in [-0.4, -0.2) is 16.1 Å². The molecule has 0 atom stereocenters. The van der Waals surface area contributed by atoms with Crippen LogP contribution in [0, 0.1) is 5.82 Å². The quantitative estimate of drug-likeness (QED) is 0.846. The highest BCUT2D eigenvalue weighted by Crippen LogP contribution is 2.19. The summed E-state index contributed by atoms with van der Waals surface area (Å²) in [6.45, 7) is 0. The van der Waals surface area contributed by atoms with Crippen molar-refractivity contribution in [2.75, 3.05) is 5.32 Å². The monoisotopic (exact) mass is 239 g/mol. The number of amides is 1. The molecule has 0 aliphatic carbocycles. The maximum absolute atomic E-state index is 13.4. The third kappa shape index (κ3) is 2.04. The molecule has 0 saturated heterocycles. The van der Waals surface area contributed by atoms with Crippen molar-refractivity contribution in [3.8, 4) is 0 Å². The number of H-pyrrole nitrogens is 1. The molecule has 0 spiro atoms. The van der Waals surface area contributed by atoms with E-state index in [2.05, 4.69) is 15.5 Å². The Balaban J connectivity index is 2.28. The first-order chi connectivity index (χ1) is 7.68. The van der Waals surface area contributed by atoms with Crippen LogP contribution in [0.15, 0.2) is 30.5 Å². The highest BCUT2D eigenvalue weighted by Gasteiger charge is 2.15. The van der Waals surface area contributed by atoms with Crippen molar-refractivity contribution < 1.29 is 9.18 Å². The van der Waals surface area contributed by atoms with Crippen LogP contribution in [0.1, 0.15) is 10.4 Å². The summed E-state index contributed by atoms with van der Waals surface area (Å²) in [5, 5.41) is 8.68. The van der Waals surface area contributed by atoms with Gasteiger partial charge in [-0.1, -0.05) is 17.7 Å². The lowest BCUT2D eigenvalue weighted by Gasteiger charge is -2.05. The molecule has 0 radical (unpaired) electrons. The molecule has 16 heavy (non-hydrogen) atoms. The molecule has 1 heterocycles. The van der Waals surface area contributed by atoms with Gasteiger partial charge in [-0.3, -0.25) is 9.89 Å². The van der Waals surface area contributed by atoms with Crippen molar-refractivity contribution in [2.45, 2.75) is 0 Å². The Bertz CT molecular complexity index is 493.